The van der Waals surface area contributed by atoms with Gasteiger partial charge in [0.25, 0.3) is 0 Å². The average molecular weight is 272 g/mol. The van der Waals surface area contributed by atoms with Crippen LogP contribution in [0.25, 0.3) is 0 Å². The number of urea groups is 1. The highest BCUT2D eigenvalue weighted by atomic mass is 16.5. The Kier molecular flexibility index (Phi) is 4.45. The van der Waals surface area contributed by atoms with Crippen molar-refractivity contribution in [3.8, 4) is 0 Å². The van der Waals surface area contributed by atoms with Crippen molar-refractivity contribution in [1.82, 2.24) is 10.2 Å². The third kappa shape index (κ3) is 4.38. The molecule has 0 radical (unpaired) electrons. The molecule has 0 aromatic carbocycles. The van der Waals surface area contributed by atoms with E-state index in [0.717, 1.165) is 0 Å². The maximum absolute atomic E-state index is 12.1. The molecule has 0 spiro atoms. The maximum Gasteiger partial charge on any atom is 0.326 e. The lowest BCUT2D eigenvalue weighted by Crippen LogP contribution is -2.61. The van der Waals surface area contributed by atoms with Crippen molar-refractivity contribution in [3.05, 3.63) is 0 Å². The van der Waals surface area contributed by atoms with Crippen LogP contribution < -0.4 is 5.32 Å². The summed E-state index contributed by atoms with van der Waals surface area (Å²) in [6.07, 6.45) is 0.359. The van der Waals surface area contributed by atoms with Crippen LogP contribution in [0.2, 0.25) is 0 Å². The average Bonchev–Trinajstić information content (AvgIpc) is 2.20. The van der Waals surface area contributed by atoms with Gasteiger partial charge in [0.1, 0.15) is 6.04 Å². The Labute approximate surface area is 114 Å². The minimum absolute atomic E-state index is 0.348. The number of nitrogens with one attached hydrogen (secondary N) is 1. The van der Waals surface area contributed by atoms with Gasteiger partial charge in [-0.2, -0.15) is 0 Å². The number of carbonyl (C=O) groups excluding carboxylic acids is 1. The molecule has 1 aliphatic rings. The molecule has 2 amide bonds. The topological polar surface area (TPSA) is 78.9 Å². The lowest BCUT2D eigenvalue weighted by atomic mass is 9.99. The molecule has 2 N–H and O–H groups in total. The van der Waals surface area contributed by atoms with Crippen molar-refractivity contribution in [2.45, 2.75) is 58.3 Å². The van der Waals surface area contributed by atoms with Crippen LogP contribution >= 0.6 is 0 Å². The van der Waals surface area contributed by atoms with Crippen LogP contribution in [0.15, 0.2) is 0 Å². The zero-order valence-electron chi connectivity index (χ0n) is 12.3. The van der Waals surface area contributed by atoms with E-state index >= 15 is 0 Å². The molecule has 0 aromatic heterocycles. The van der Waals surface area contributed by atoms with Crippen molar-refractivity contribution in [2.75, 3.05) is 13.1 Å². The summed E-state index contributed by atoms with van der Waals surface area (Å²) in [5, 5.41) is 11.5. The molecule has 1 atom stereocenters. The number of hydrogen-bond acceptors (Lipinski definition) is 3. The molecular formula is C13H24N2O4. The number of morpholine rings is 1. The Bertz CT molecular complexity index is 350. The van der Waals surface area contributed by atoms with Gasteiger partial charge < -0.3 is 20.1 Å². The first-order valence-electron chi connectivity index (χ1n) is 6.55. The lowest BCUT2D eigenvalue weighted by molar-refractivity contribution is -0.170. The Morgan fingerprint density at radius 1 is 1.26 bits per heavy atom. The molecule has 1 heterocycles. The summed E-state index contributed by atoms with van der Waals surface area (Å²) in [6, 6.07) is -1.19. The molecule has 1 fully saturated rings. The summed E-state index contributed by atoms with van der Waals surface area (Å²) in [5.74, 6) is -1.01. The Morgan fingerprint density at radius 3 is 2.11 bits per heavy atom. The SMILES string of the molecule is CCC(NC(=O)N1CC(C)(C)OC(C)(C)C1)C(=O)O. The quantitative estimate of drug-likeness (QED) is 0.815. The number of ether oxygens (including phenoxy) is 1. The maximum atomic E-state index is 12.1. The second kappa shape index (κ2) is 5.36. The Morgan fingerprint density at radius 2 is 1.74 bits per heavy atom. The summed E-state index contributed by atoms with van der Waals surface area (Å²) >= 11 is 0. The number of rotatable bonds is 3. The third-order valence-corrected chi connectivity index (χ3v) is 2.99. The Hall–Kier alpha value is -1.30. The fourth-order valence-corrected chi connectivity index (χ4v) is 2.51. The van der Waals surface area contributed by atoms with Gasteiger partial charge in [0.05, 0.1) is 24.3 Å². The summed E-state index contributed by atoms with van der Waals surface area (Å²) in [7, 11) is 0. The van der Waals surface area contributed by atoms with Crippen LogP contribution in [0, 0.1) is 0 Å². The van der Waals surface area contributed by atoms with Crippen LogP contribution in [-0.4, -0.2) is 52.3 Å². The first-order chi connectivity index (χ1) is 8.56. The van der Waals surface area contributed by atoms with E-state index in [1.165, 1.54) is 0 Å². The summed E-state index contributed by atoms with van der Waals surface area (Å²) in [4.78, 5) is 24.7. The highest BCUT2D eigenvalue weighted by Crippen LogP contribution is 2.27. The van der Waals surface area contributed by atoms with Crippen LogP contribution in [0.3, 0.4) is 0 Å². The van der Waals surface area contributed by atoms with Gasteiger partial charge in [-0.05, 0) is 34.1 Å². The fourth-order valence-electron chi connectivity index (χ4n) is 2.51. The van der Waals surface area contributed by atoms with Gasteiger partial charge >= 0.3 is 12.0 Å². The normalized spacial score (nSPS) is 22.7. The van der Waals surface area contributed by atoms with Crippen LogP contribution in [0.5, 0.6) is 0 Å². The number of aliphatic carboxylic acids is 1. The molecule has 0 bridgehead atoms. The number of carbonyl (C=O) groups is 2. The first kappa shape index (κ1) is 15.8. The largest absolute Gasteiger partial charge is 0.480 e. The third-order valence-electron chi connectivity index (χ3n) is 2.99. The zero-order chi connectivity index (χ0) is 14.8. The second-order valence-electron chi connectivity index (χ2n) is 6.23. The van der Waals surface area contributed by atoms with E-state index in [-0.39, 0.29) is 6.03 Å². The molecule has 110 valence electrons. The highest BCUT2D eigenvalue weighted by molar-refractivity contribution is 5.82. The van der Waals surface area contributed by atoms with E-state index in [1.54, 1.807) is 11.8 Å². The first-order valence-corrected chi connectivity index (χ1v) is 6.55. The van der Waals surface area contributed by atoms with Crippen molar-refractivity contribution in [3.63, 3.8) is 0 Å². The van der Waals surface area contributed by atoms with Gasteiger partial charge in [-0.25, -0.2) is 9.59 Å². The minimum atomic E-state index is -1.01. The summed E-state index contributed by atoms with van der Waals surface area (Å²) in [5.41, 5.74) is -0.881. The van der Waals surface area contributed by atoms with E-state index in [4.69, 9.17) is 9.84 Å². The van der Waals surface area contributed by atoms with Crippen LogP contribution in [-0.2, 0) is 9.53 Å². The summed E-state index contributed by atoms with van der Waals surface area (Å²) < 4.78 is 5.88. The molecule has 1 saturated heterocycles. The smallest absolute Gasteiger partial charge is 0.326 e. The molecule has 6 nitrogen and oxygen atoms in total. The predicted octanol–water partition coefficient (Wildman–Crippen LogP) is 1.45. The van der Waals surface area contributed by atoms with E-state index in [0.29, 0.717) is 19.5 Å². The van der Waals surface area contributed by atoms with Crippen molar-refractivity contribution < 1.29 is 19.4 Å². The van der Waals surface area contributed by atoms with Gasteiger partial charge in [0.15, 0.2) is 0 Å². The van der Waals surface area contributed by atoms with Gasteiger partial charge in [-0.1, -0.05) is 6.92 Å². The van der Waals surface area contributed by atoms with Crippen LogP contribution in [0.1, 0.15) is 41.0 Å². The predicted molar refractivity (Wildman–Crippen MR) is 71.1 cm³/mol. The zero-order valence-corrected chi connectivity index (χ0v) is 12.3. The second-order valence-corrected chi connectivity index (χ2v) is 6.23. The van der Waals surface area contributed by atoms with Gasteiger partial charge in [-0.15, -0.1) is 0 Å². The fraction of sp³-hybridized carbons (Fsp3) is 0.846. The van der Waals surface area contributed by atoms with E-state index in [2.05, 4.69) is 5.32 Å². The molecule has 19 heavy (non-hydrogen) atoms. The monoisotopic (exact) mass is 272 g/mol. The van der Waals surface area contributed by atoms with Crippen LogP contribution in [0.4, 0.5) is 4.79 Å². The molecule has 1 unspecified atom stereocenters. The van der Waals surface area contributed by atoms with Crippen molar-refractivity contribution in [1.29, 1.82) is 0 Å². The van der Waals surface area contributed by atoms with E-state index in [9.17, 15) is 9.59 Å². The van der Waals surface area contributed by atoms with Crippen molar-refractivity contribution >= 4 is 12.0 Å². The van der Waals surface area contributed by atoms with Crippen molar-refractivity contribution in [2.24, 2.45) is 0 Å². The molecule has 6 heteroatoms. The minimum Gasteiger partial charge on any atom is -0.480 e. The Balaban J connectivity index is 2.73. The van der Waals surface area contributed by atoms with Gasteiger partial charge in [0, 0.05) is 0 Å². The summed E-state index contributed by atoms with van der Waals surface area (Å²) in [6.45, 7) is 10.3. The molecule has 1 aliphatic heterocycles. The number of amides is 2. The molecule has 1 rings (SSSR count). The van der Waals surface area contributed by atoms with Gasteiger partial charge in [0.2, 0.25) is 0 Å². The van der Waals surface area contributed by atoms with E-state index in [1.807, 2.05) is 27.7 Å². The highest BCUT2D eigenvalue weighted by Gasteiger charge is 2.40. The number of carboxylic acids is 1. The molecular weight excluding hydrogens is 248 g/mol. The molecule has 0 saturated carbocycles. The number of hydrogen-bond donors (Lipinski definition) is 2. The van der Waals surface area contributed by atoms with E-state index < -0.39 is 23.2 Å². The standard InChI is InChI=1S/C13H24N2O4/c1-6-9(10(16)17)14-11(18)15-7-12(2,3)19-13(4,5)8-15/h9H,6-8H2,1-5H3,(H,14,18)(H,16,17). The number of nitrogens with zero attached hydrogens (tertiary/aromatic N) is 1. The van der Waals surface area contributed by atoms with Gasteiger partial charge in [-0.3, -0.25) is 0 Å². The molecule has 0 aromatic rings. The molecule has 0 aliphatic carbocycles. The number of carboxylic acid groups (broad SMARTS) is 1. The lowest BCUT2D eigenvalue weighted by Gasteiger charge is -2.47.